The number of nitrogens with zero attached hydrogens (tertiary/aromatic N) is 1. The Hall–Kier alpha value is -1.36. The van der Waals surface area contributed by atoms with E-state index in [2.05, 4.69) is 24.3 Å². The zero-order chi connectivity index (χ0) is 15.7. The molecule has 3 rings (SSSR count). The number of aromatic nitrogens is 1. The summed E-state index contributed by atoms with van der Waals surface area (Å²) in [5.41, 5.74) is 0.967. The van der Waals surface area contributed by atoms with E-state index in [0.29, 0.717) is 11.7 Å². The van der Waals surface area contributed by atoms with Crippen molar-refractivity contribution in [1.29, 1.82) is 0 Å². The largest absolute Gasteiger partial charge is 0.388 e. The fraction of sp³-hybridized carbons (Fsp3) is 0.765. The van der Waals surface area contributed by atoms with Gasteiger partial charge in [-0.25, -0.2) is 0 Å². The van der Waals surface area contributed by atoms with E-state index in [1.165, 1.54) is 12.8 Å². The van der Waals surface area contributed by atoms with Crippen molar-refractivity contribution in [2.75, 3.05) is 0 Å². The third-order valence-corrected chi connectivity index (χ3v) is 5.73. The molecule has 2 saturated carbocycles. The van der Waals surface area contributed by atoms with Gasteiger partial charge in [0.25, 0.3) is 0 Å². The number of rotatable bonds is 5. The van der Waals surface area contributed by atoms with Gasteiger partial charge >= 0.3 is 0 Å². The minimum atomic E-state index is -0.110. The van der Waals surface area contributed by atoms with Crippen LogP contribution in [0.4, 0.5) is 0 Å². The van der Waals surface area contributed by atoms with Crippen molar-refractivity contribution in [2.45, 2.75) is 65.0 Å². The van der Waals surface area contributed by atoms with Gasteiger partial charge in [0.15, 0.2) is 5.76 Å². The van der Waals surface area contributed by atoms with Gasteiger partial charge in [-0.2, -0.15) is 0 Å². The number of aliphatic hydroxyl groups excluding tert-OH is 1. The summed E-state index contributed by atoms with van der Waals surface area (Å²) in [4.78, 5) is 12.3. The first-order valence-corrected chi connectivity index (χ1v) is 8.36. The molecule has 0 aliphatic heterocycles. The number of nitrogens with one attached hydrogen (secondary N) is 1. The summed E-state index contributed by atoms with van der Waals surface area (Å²) in [5, 5.41) is 16.3. The van der Waals surface area contributed by atoms with Crippen molar-refractivity contribution in [3.8, 4) is 0 Å². The van der Waals surface area contributed by atoms with Crippen LogP contribution in [0.2, 0.25) is 0 Å². The van der Waals surface area contributed by atoms with Crippen LogP contribution in [0, 0.1) is 17.3 Å². The molecule has 2 aliphatic carbocycles. The zero-order valence-corrected chi connectivity index (χ0v) is 13.5. The Labute approximate surface area is 131 Å². The van der Waals surface area contributed by atoms with Gasteiger partial charge in [0.05, 0.1) is 5.69 Å². The van der Waals surface area contributed by atoms with Crippen molar-refractivity contribution < 1.29 is 14.4 Å². The molecule has 1 aromatic rings. The fourth-order valence-corrected chi connectivity index (χ4v) is 3.86. The van der Waals surface area contributed by atoms with E-state index < -0.39 is 0 Å². The molecule has 5 nitrogen and oxygen atoms in total. The number of hydrogen-bond donors (Lipinski definition) is 2. The minimum absolute atomic E-state index is 0.0760. The lowest BCUT2D eigenvalue weighted by molar-refractivity contribution is -0.129. The van der Waals surface area contributed by atoms with Crippen LogP contribution in [-0.4, -0.2) is 22.2 Å². The lowest BCUT2D eigenvalue weighted by Gasteiger charge is -2.52. The Morgan fingerprint density at radius 3 is 2.77 bits per heavy atom. The Kier molecular flexibility index (Phi) is 4.26. The molecule has 122 valence electrons. The molecule has 0 saturated heterocycles. The van der Waals surface area contributed by atoms with E-state index in [9.17, 15) is 4.79 Å². The molecule has 0 radical (unpaired) electrons. The maximum Gasteiger partial charge on any atom is 0.223 e. The van der Waals surface area contributed by atoms with Gasteiger partial charge in [-0.3, -0.25) is 4.79 Å². The van der Waals surface area contributed by atoms with Crippen LogP contribution in [0.5, 0.6) is 0 Å². The summed E-state index contributed by atoms with van der Waals surface area (Å²) in [6, 6.07) is 2.08. The number of carbonyl (C=O) groups is 1. The molecular weight excluding hydrogens is 280 g/mol. The van der Waals surface area contributed by atoms with Crippen LogP contribution in [0.3, 0.4) is 0 Å². The van der Waals surface area contributed by atoms with Gasteiger partial charge in [0.2, 0.25) is 5.91 Å². The Bertz CT molecular complexity index is 532. The Morgan fingerprint density at radius 1 is 1.45 bits per heavy atom. The number of amides is 1. The number of carbonyl (C=O) groups excluding carboxylic acids is 1. The van der Waals surface area contributed by atoms with Gasteiger partial charge in [-0.1, -0.05) is 31.8 Å². The topological polar surface area (TPSA) is 75.4 Å². The average Bonchev–Trinajstić information content (AvgIpc) is 3.17. The first-order chi connectivity index (χ1) is 10.5. The van der Waals surface area contributed by atoms with E-state index in [1.54, 1.807) is 0 Å². The van der Waals surface area contributed by atoms with Crippen molar-refractivity contribution >= 4 is 5.91 Å². The van der Waals surface area contributed by atoms with Crippen LogP contribution in [0.15, 0.2) is 10.6 Å². The van der Waals surface area contributed by atoms with E-state index >= 15 is 0 Å². The quantitative estimate of drug-likeness (QED) is 0.876. The second-order valence-corrected chi connectivity index (χ2v) is 7.44. The normalized spacial score (nSPS) is 27.6. The van der Waals surface area contributed by atoms with Crippen LogP contribution in [0.1, 0.15) is 57.4 Å². The maximum absolute atomic E-state index is 12.3. The summed E-state index contributed by atoms with van der Waals surface area (Å²) < 4.78 is 5.04. The fourth-order valence-electron chi connectivity index (χ4n) is 3.86. The highest BCUT2D eigenvalue weighted by molar-refractivity contribution is 5.79. The van der Waals surface area contributed by atoms with Crippen LogP contribution >= 0.6 is 0 Å². The van der Waals surface area contributed by atoms with Crippen LogP contribution in [-0.2, 0) is 17.8 Å². The van der Waals surface area contributed by atoms with Crippen LogP contribution < -0.4 is 5.32 Å². The van der Waals surface area contributed by atoms with Crippen molar-refractivity contribution in [1.82, 2.24) is 10.5 Å². The molecule has 22 heavy (non-hydrogen) atoms. The molecule has 2 atom stereocenters. The first-order valence-electron chi connectivity index (χ1n) is 8.36. The van der Waals surface area contributed by atoms with Gasteiger partial charge < -0.3 is 14.9 Å². The third kappa shape index (κ3) is 2.91. The lowest BCUT2D eigenvalue weighted by Crippen LogP contribution is -2.59. The average molecular weight is 306 g/mol. The highest BCUT2D eigenvalue weighted by Gasteiger charge is 2.49. The second-order valence-electron chi connectivity index (χ2n) is 7.44. The minimum Gasteiger partial charge on any atom is -0.388 e. The maximum atomic E-state index is 12.3. The first kappa shape index (κ1) is 15.5. The second kappa shape index (κ2) is 6.03. The van der Waals surface area contributed by atoms with Gasteiger partial charge in [-0.05, 0) is 37.0 Å². The lowest BCUT2D eigenvalue weighted by atomic mass is 9.57. The van der Waals surface area contributed by atoms with Gasteiger partial charge in [0.1, 0.15) is 6.61 Å². The Balaban J connectivity index is 1.53. The standard InChI is InChI=1S/C17H26N2O3/c1-17(2)12(7-13-9-14(10-20)22-19-13)8-15(17)18-16(21)11-5-3-4-6-11/h9,11-12,15,20H,3-8,10H2,1-2H3,(H,18,21). The molecule has 1 heterocycles. The summed E-state index contributed by atoms with van der Waals surface area (Å²) in [5.74, 6) is 1.48. The Morgan fingerprint density at radius 2 is 2.18 bits per heavy atom. The molecule has 2 N–H and O–H groups in total. The van der Waals surface area contributed by atoms with Crippen LogP contribution in [0.25, 0.3) is 0 Å². The molecule has 2 fully saturated rings. The molecule has 5 heteroatoms. The number of aliphatic hydroxyl groups is 1. The molecule has 1 aromatic heterocycles. The highest BCUT2D eigenvalue weighted by Crippen LogP contribution is 2.48. The predicted octanol–water partition coefficient (Wildman–Crippen LogP) is 2.43. The van der Waals surface area contributed by atoms with E-state index in [1.807, 2.05) is 6.07 Å². The highest BCUT2D eigenvalue weighted by atomic mass is 16.5. The third-order valence-electron chi connectivity index (χ3n) is 5.73. The summed E-state index contributed by atoms with van der Waals surface area (Å²) in [7, 11) is 0. The van der Waals surface area contributed by atoms with Crippen molar-refractivity contribution in [2.24, 2.45) is 17.3 Å². The summed E-state index contributed by atoms with van der Waals surface area (Å²) in [6.45, 7) is 4.32. The monoisotopic (exact) mass is 306 g/mol. The molecular formula is C17H26N2O3. The molecule has 0 aromatic carbocycles. The molecule has 0 bridgehead atoms. The molecule has 0 spiro atoms. The SMILES string of the molecule is CC1(C)C(Cc2cc(CO)on2)CC1NC(=O)C1CCCC1. The molecule has 1 amide bonds. The van der Waals surface area contributed by atoms with Crippen molar-refractivity contribution in [3.05, 3.63) is 17.5 Å². The van der Waals surface area contributed by atoms with Crippen molar-refractivity contribution in [3.63, 3.8) is 0 Å². The van der Waals surface area contributed by atoms with Gasteiger partial charge in [0, 0.05) is 18.0 Å². The van der Waals surface area contributed by atoms with Gasteiger partial charge in [-0.15, -0.1) is 0 Å². The summed E-state index contributed by atoms with van der Waals surface area (Å²) in [6.07, 6.45) is 6.30. The van der Waals surface area contributed by atoms with E-state index in [4.69, 9.17) is 9.63 Å². The van der Waals surface area contributed by atoms with E-state index in [0.717, 1.165) is 31.4 Å². The predicted molar refractivity (Wildman–Crippen MR) is 81.9 cm³/mol. The smallest absolute Gasteiger partial charge is 0.223 e. The van der Waals surface area contributed by atoms with E-state index in [-0.39, 0.29) is 29.9 Å². The molecule has 2 aliphatic rings. The summed E-state index contributed by atoms with van der Waals surface area (Å²) >= 11 is 0. The number of hydrogen-bond acceptors (Lipinski definition) is 4. The molecule has 2 unspecified atom stereocenters. The zero-order valence-electron chi connectivity index (χ0n) is 13.5.